The van der Waals surface area contributed by atoms with E-state index >= 15 is 0 Å². The van der Waals surface area contributed by atoms with Gasteiger partial charge < -0.3 is 14.8 Å². The summed E-state index contributed by atoms with van der Waals surface area (Å²) in [4.78, 5) is 27.3. The van der Waals surface area contributed by atoms with Crippen LogP contribution in [0.5, 0.6) is 11.5 Å². The highest BCUT2D eigenvalue weighted by Crippen LogP contribution is 2.35. The van der Waals surface area contributed by atoms with E-state index in [0.29, 0.717) is 28.8 Å². The van der Waals surface area contributed by atoms with Gasteiger partial charge in [0, 0.05) is 12.1 Å². The topological polar surface area (TPSA) is 111 Å². The minimum absolute atomic E-state index is 0.0183. The van der Waals surface area contributed by atoms with Crippen LogP contribution in [0.1, 0.15) is 28.7 Å². The van der Waals surface area contributed by atoms with E-state index in [9.17, 15) is 14.0 Å². The second kappa shape index (κ2) is 14.4. The number of hydrogen-bond donors (Lipinski definition) is 1. The molecule has 3 aromatic carbocycles. The zero-order chi connectivity index (χ0) is 31.9. The fourth-order valence-electron chi connectivity index (χ4n) is 4.86. The third kappa shape index (κ3) is 7.27. The predicted molar refractivity (Wildman–Crippen MR) is 174 cm³/mol. The molecule has 6 rings (SSSR count). The van der Waals surface area contributed by atoms with Crippen molar-refractivity contribution in [3.63, 3.8) is 0 Å². The van der Waals surface area contributed by atoms with E-state index in [1.165, 1.54) is 28.9 Å². The van der Waals surface area contributed by atoms with Gasteiger partial charge in [0.15, 0.2) is 17.6 Å². The number of rotatable bonds is 12. The highest BCUT2D eigenvalue weighted by Gasteiger charge is 2.33. The Kier molecular flexibility index (Phi) is 9.70. The normalized spacial score (nSPS) is 14.2. The summed E-state index contributed by atoms with van der Waals surface area (Å²) in [6.07, 6.45) is 0.576. The molecule has 234 valence electrons. The van der Waals surface area contributed by atoms with Crippen molar-refractivity contribution >= 4 is 40.6 Å². The van der Waals surface area contributed by atoms with Gasteiger partial charge in [0.2, 0.25) is 0 Å². The number of aromatic nitrogens is 3. The number of halogens is 1. The largest absolute Gasteiger partial charge is 0.497 e. The fourth-order valence-corrected chi connectivity index (χ4v) is 6.41. The summed E-state index contributed by atoms with van der Waals surface area (Å²) in [7, 11) is 1.61. The van der Waals surface area contributed by atoms with Gasteiger partial charge in [-0.3, -0.25) is 14.2 Å². The maximum atomic E-state index is 13.8. The molecule has 1 aliphatic heterocycles. The molecule has 1 N–H and O–H groups in total. The number of nitrogens with one attached hydrogen (secondary N) is 1. The van der Waals surface area contributed by atoms with E-state index in [1.54, 1.807) is 47.3 Å². The minimum atomic E-state index is -0.396. The molecule has 1 aliphatic rings. The van der Waals surface area contributed by atoms with Crippen LogP contribution in [-0.4, -0.2) is 56.8 Å². The second-order valence-corrected chi connectivity index (χ2v) is 12.0. The zero-order valence-corrected chi connectivity index (χ0v) is 26.3. The fraction of sp³-hybridized carbons (Fsp3) is 0.182. The number of ether oxygens (including phenoxy) is 2. The molecule has 46 heavy (non-hydrogen) atoms. The Morgan fingerprint density at radius 1 is 0.978 bits per heavy atom. The number of methoxy groups -OCH3 is 1. The molecule has 2 aromatic heterocycles. The Morgan fingerprint density at radius 2 is 1.76 bits per heavy atom. The number of hydrazone groups is 1. The quantitative estimate of drug-likeness (QED) is 0.173. The summed E-state index contributed by atoms with van der Waals surface area (Å²) in [5.74, 6) is 0.778. The molecule has 0 fully saturated rings. The maximum Gasteiger partial charge on any atom is 0.258 e. The van der Waals surface area contributed by atoms with E-state index in [1.807, 2.05) is 60.0 Å². The first-order valence-corrected chi connectivity index (χ1v) is 16.2. The van der Waals surface area contributed by atoms with Crippen molar-refractivity contribution in [2.75, 3.05) is 19.5 Å². The van der Waals surface area contributed by atoms with Crippen LogP contribution in [0.4, 0.5) is 4.39 Å². The van der Waals surface area contributed by atoms with Crippen LogP contribution in [0.25, 0.3) is 5.69 Å². The van der Waals surface area contributed by atoms with Crippen LogP contribution in [0, 0.1) is 5.82 Å². The van der Waals surface area contributed by atoms with Crippen molar-refractivity contribution in [3.05, 3.63) is 118 Å². The molecule has 0 saturated carbocycles. The molecular weight excluding hydrogens is 628 g/mol. The SMILES string of the molecule is COc1ccc(C2CC(c3cccs3)=NN2C(=O)CSc2nnc(CNC(=O)COc3ccccc3)n2-c2ccc(F)cc2)cc1. The first-order valence-electron chi connectivity index (χ1n) is 14.3. The van der Waals surface area contributed by atoms with E-state index in [2.05, 4.69) is 15.5 Å². The van der Waals surface area contributed by atoms with Crippen LogP contribution in [-0.2, 0) is 16.1 Å². The molecule has 2 amide bonds. The van der Waals surface area contributed by atoms with Gasteiger partial charge in [0.05, 0.1) is 36.0 Å². The number of nitrogens with zero attached hydrogens (tertiary/aromatic N) is 5. The van der Waals surface area contributed by atoms with Crippen LogP contribution < -0.4 is 14.8 Å². The average molecular weight is 657 g/mol. The van der Waals surface area contributed by atoms with Crippen molar-refractivity contribution in [3.8, 4) is 17.2 Å². The molecule has 3 heterocycles. The summed E-state index contributed by atoms with van der Waals surface area (Å²) < 4.78 is 26.3. The van der Waals surface area contributed by atoms with Crippen molar-refractivity contribution in [2.24, 2.45) is 5.10 Å². The molecule has 0 bridgehead atoms. The predicted octanol–water partition coefficient (Wildman–Crippen LogP) is 5.64. The highest BCUT2D eigenvalue weighted by molar-refractivity contribution is 7.99. The van der Waals surface area contributed by atoms with Crippen LogP contribution in [0.15, 0.2) is 107 Å². The Hall–Kier alpha value is -5.01. The zero-order valence-electron chi connectivity index (χ0n) is 24.7. The third-order valence-corrected chi connectivity index (χ3v) is 8.97. The summed E-state index contributed by atoms with van der Waals surface area (Å²) in [6, 6.07) is 26.2. The standard InChI is InChI=1S/C33H29FN6O4S2/c1-43-25-15-9-22(10-16-25)28-18-27(29-8-5-17-45-29)38-40(28)32(42)21-46-33-37-36-30(39(33)24-13-11-23(34)12-14-24)19-35-31(41)20-44-26-6-3-2-4-7-26/h2-17,28H,18-21H2,1H3,(H,35,41). The van der Waals surface area contributed by atoms with Crippen LogP contribution in [0.2, 0.25) is 0 Å². The van der Waals surface area contributed by atoms with Crippen molar-refractivity contribution in [1.29, 1.82) is 0 Å². The number of thiophene rings is 1. The smallest absolute Gasteiger partial charge is 0.258 e. The molecule has 0 spiro atoms. The molecule has 10 nitrogen and oxygen atoms in total. The molecule has 5 aromatic rings. The summed E-state index contributed by atoms with van der Waals surface area (Å²) in [5.41, 5.74) is 2.37. The summed E-state index contributed by atoms with van der Waals surface area (Å²) in [5, 5.41) is 20.1. The Bertz CT molecular complexity index is 1810. The van der Waals surface area contributed by atoms with E-state index < -0.39 is 5.82 Å². The van der Waals surface area contributed by atoms with Gasteiger partial charge in [0.1, 0.15) is 17.3 Å². The first-order chi connectivity index (χ1) is 22.5. The van der Waals surface area contributed by atoms with Gasteiger partial charge in [-0.15, -0.1) is 21.5 Å². The monoisotopic (exact) mass is 656 g/mol. The first kappa shape index (κ1) is 31.0. The van der Waals surface area contributed by atoms with Gasteiger partial charge in [-0.25, -0.2) is 9.40 Å². The number of thioether (sulfide) groups is 1. The lowest BCUT2D eigenvalue weighted by atomic mass is 10.0. The van der Waals surface area contributed by atoms with Gasteiger partial charge in [-0.2, -0.15) is 5.10 Å². The summed E-state index contributed by atoms with van der Waals surface area (Å²) >= 11 is 2.77. The Morgan fingerprint density at radius 3 is 2.48 bits per heavy atom. The van der Waals surface area contributed by atoms with Crippen molar-refractivity contribution < 1.29 is 23.5 Å². The molecule has 0 aliphatic carbocycles. The van der Waals surface area contributed by atoms with Gasteiger partial charge in [-0.05, 0) is 65.5 Å². The average Bonchev–Trinajstić information content (AvgIpc) is 3.87. The number of carbonyl (C=O) groups is 2. The lowest BCUT2D eigenvalue weighted by molar-refractivity contribution is -0.130. The Balaban J connectivity index is 1.18. The molecular formula is C33H29FN6O4S2. The summed E-state index contributed by atoms with van der Waals surface area (Å²) in [6.45, 7) is -0.139. The van der Waals surface area contributed by atoms with E-state index in [4.69, 9.17) is 14.6 Å². The minimum Gasteiger partial charge on any atom is -0.497 e. The molecule has 1 atom stereocenters. The lowest BCUT2D eigenvalue weighted by Gasteiger charge is -2.22. The number of amides is 2. The molecule has 13 heteroatoms. The van der Waals surface area contributed by atoms with Gasteiger partial charge in [0.25, 0.3) is 11.8 Å². The van der Waals surface area contributed by atoms with Crippen molar-refractivity contribution in [1.82, 2.24) is 25.1 Å². The highest BCUT2D eigenvalue weighted by atomic mass is 32.2. The second-order valence-electron chi connectivity index (χ2n) is 10.1. The molecule has 0 radical (unpaired) electrons. The van der Waals surface area contributed by atoms with E-state index in [-0.39, 0.29) is 36.8 Å². The third-order valence-electron chi connectivity index (χ3n) is 7.14. The van der Waals surface area contributed by atoms with Crippen molar-refractivity contribution in [2.45, 2.75) is 24.2 Å². The lowest BCUT2D eigenvalue weighted by Crippen LogP contribution is -2.29. The van der Waals surface area contributed by atoms with Crippen LogP contribution >= 0.6 is 23.1 Å². The van der Waals surface area contributed by atoms with Gasteiger partial charge >= 0.3 is 0 Å². The maximum absolute atomic E-state index is 13.8. The van der Waals surface area contributed by atoms with Gasteiger partial charge in [-0.1, -0.05) is 48.2 Å². The Labute approximate surface area is 272 Å². The number of carbonyl (C=O) groups excluding carboxylic acids is 2. The molecule has 0 saturated heterocycles. The molecule has 1 unspecified atom stereocenters. The number of benzene rings is 3. The van der Waals surface area contributed by atoms with E-state index in [0.717, 1.165) is 21.9 Å². The number of hydrogen-bond acceptors (Lipinski definition) is 9. The van der Waals surface area contributed by atoms with Crippen LogP contribution in [0.3, 0.4) is 0 Å². The number of para-hydroxylation sites is 1.